The number of fused-ring (bicyclic) bond motifs is 5. The van der Waals surface area contributed by atoms with Gasteiger partial charge in [-0.15, -0.1) is 0 Å². The molecule has 0 heteroatoms. The molecule has 0 radical (unpaired) electrons. The Labute approximate surface area is 264 Å². The van der Waals surface area contributed by atoms with Crippen LogP contribution in [-0.2, 0) is 38.5 Å². The second kappa shape index (κ2) is 11.1. The molecule has 0 amide bonds. The summed E-state index contributed by atoms with van der Waals surface area (Å²) < 4.78 is 0. The number of rotatable bonds is 3. The van der Waals surface area contributed by atoms with Gasteiger partial charge < -0.3 is 0 Å². The molecule has 0 spiro atoms. The predicted octanol–water partition coefficient (Wildman–Crippen LogP) is 10.6. The second-order valence-corrected chi connectivity index (χ2v) is 14.2. The van der Waals surface area contributed by atoms with E-state index in [1.54, 1.807) is 66.8 Å². The molecular formula is C44H44. The summed E-state index contributed by atoms with van der Waals surface area (Å²) >= 11 is 0. The molecule has 0 saturated heterocycles. The van der Waals surface area contributed by atoms with Gasteiger partial charge in [0.25, 0.3) is 0 Å². The van der Waals surface area contributed by atoms with E-state index in [9.17, 15) is 0 Å². The summed E-state index contributed by atoms with van der Waals surface area (Å²) in [6.07, 6.45) is 31.3. The van der Waals surface area contributed by atoms with Gasteiger partial charge in [0, 0.05) is 11.8 Å². The molecule has 44 heavy (non-hydrogen) atoms. The van der Waals surface area contributed by atoms with Crippen molar-refractivity contribution in [2.75, 3.05) is 0 Å². The molecule has 3 unspecified atom stereocenters. The molecule has 0 saturated carbocycles. The van der Waals surface area contributed by atoms with Gasteiger partial charge in [-0.25, -0.2) is 0 Å². The summed E-state index contributed by atoms with van der Waals surface area (Å²) in [6.45, 7) is 0. The highest BCUT2D eigenvalue weighted by Crippen LogP contribution is 2.58. The quantitative estimate of drug-likeness (QED) is 0.293. The van der Waals surface area contributed by atoms with Gasteiger partial charge in [0.1, 0.15) is 0 Å². The molecular weight excluding hydrogens is 528 g/mol. The molecule has 0 bridgehead atoms. The maximum absolute atomic E-state index is 2.58. The van der Waals surface area contributed by atoms with Crippen LogP contribution in [0.2, 0.25) is 0 Å². The molecule has 6 aliphatic carbocycles. The predicted molar refractivity (Wildman–Crippen MR) is 185 cm³/mol. The molecule has 3 aromatic carbocycles. The Hall–Kier alpha value is -3.64. The zero-order chi connectivity index (χ0) is 29.0. The maximum Gasteiger partial charge on any atom is 0.0102 e. The van der Waals surface area contributed by atoms with Crippen molar-refractivity contribution in [1.82, 2.24) is 0 Å². The Morgan fingerprint density at radius 1 is 0.545 bits per heavy atom. The highest BCUT2D eigenvalue weighted by molar-refractivity contribution is 5.90. The topological polar surface area (TPSA) is 0 Å². The van der Waals surface area contributed by atoms with E-state index in [4.69, 9.17) is 0 Å². The van der Waals surface area contributed by atoms with Gasteiger partial charge in [-0.05, 0) is 162 Å². The van der Waals surface area contributed by atoms with Gasteiger partial charge in [-0.3, -0.25) is 0 Å². The summed E-state index contributed by atoms with van der Waals surface area (Å²) in [5.41, 5.74) is 20.8. The van der Waals surface area contributed by atoms with Crippen LogP contribution in [0.1, 0.15) is 101 Å². The molecule has 9 rings (SSSR count). The summed E-state index contributed by atoms with van der Waals surface area (Å²) in [5.74, 6) is 1.35. The monoisotopic (exact) mass is 572 g/mol. The first-order chi connectivity index (χ1) is 21.8. The van der Waals surface area contributed by atoms with Gasteiger partial charge in [0.2, 0.25) is 0 Å². The lowest BCUT2D eigenvalue weighted by molar-refractivity contribution is 0.418. The van der Waals surface area contributed by atoms with E-state index in [1.807, 2.05) is 0 Å². The Balaban J connectivity index is 1.27. The average Bonchev–Trinajstić information content (AvgIpc) is 3.10. The molecule has 0 heterocycles. The van der Waals surface area contributed by atoms with Crippen LogP contribution in [0.25, 0.3) is 11.1 Å². The first-order valence-electron chi connectivity index (χ1n) is 17.7. The van der Waals surface area contributed by atoms with Gasteiger partial charge in [-0.1, -0.05) is 91.1 Å². The molecule has 0 aromatic heterocycles. The smallest absolute Gasteiger partial charge is 0.0102 e. The largest absolute Gasteiger partial charge is 0.0763 e. The Morgan fingerprint density at radius 2 is 1.16 bits per heavy atom. The first-order valence-corrected chi connectivity index (χ1v) is 17.7. The van der Waals surface area contributed by atoms with Crippen molar-refractivity contribution in [2.45, 2.75) is 89.4 Å². The molecule has 0 N–H and O–H groups in total. The number of allylic oxidation sites excluding steroid dienone is 10. The summed E-state index contributed by atoms with van der Waals surface area (Å²) in [7, 11) is 0. The third-order valence-corrected chi connectivity index (χ3v) is 12.0. The van der Waals surface area contributed by atoms with E-state index >= 15 is 0 Å². The normalized spacial score (nSPS) is 25.2. The minimum Gasteiger partial charge on any atom is -0.0763 e. The van der Waals surface area contributed by atoms with Crippen molar-refractivity contribution in [3.8, 4) is 0 Å². The fourth-order valence-electron chi connectivity index (χ4n) is 10.00. The molecule has 0 fully saturated rings. The summed E-state index contributed by atoms with van der Waals surface area (Å²) in [4.78, 5) is 0. The van der Waals surface area contributed by atoms with Crippen molar-refractivity contribution in [3.63, 3.8) is 0 Å². The van der Waals surface area contributed by atoms with Gasteiger partial charge in [0.05, 0.1) is 0 Å². The highest BCUT2D eigenvalue weighted by Gasteiger charge is 2.44. The van der Waals surface area contributed by atoms with Crippen LogP contribution in [0, 0.1) is 11.8 Å². The fraction of sp³-hybridized carbons (Fsp3) is 0.364. The maximum atomic E-state index is 2.58. The van der Waals surface area contributed by atoms with Crippen LogP contribution < -0.4 is 0 Å². The first kappa shape index (κ1) is 26.7. The van der Waals surface area contributed by atoms with Crippen LogP contribution in [-0.4, -0.2) is 0 Å². The molecule has 3 aromatic rings. The van der Waals surface area contributed by atoms with Crippen molar-refractivity contribution in [3.05, 3.63) is 152 Å². The molecule has 6 aliphatic rings. The lowest BCUT2D eigenvalue weighted by Crippen LogP contribution is -2.32. The number of hydrogen-bond acceptors (Lipinski definition) is 0. The van der Waals surface area contributed by atoms with Crippen molar-refractivity contribution in [2.24, 2.45) is 11.8 Å². The van der Waals surface area contributed by atoms with E-state index < -0.39 is 0 Å². The van der Waals surface area contributed by atoms with Crippen molar-refractivity contribution >= 4 is 11.1 Å². The zero-order valence-corrected chi connectivity index (χ0v) is 26.1. The summed E-state index contributed by atoms with van der Waals surface area (Å²) in [6, 6.07) is 21.7. The van der Waals surface area contributed by atoms with E-state index in [0.29, 0.717) is 17.8 Å². The minimum atomic E-state index is 0.411. The lowest BCUT2D eigenvalue weighted by atomic mass is 9.58. The van der Waals surface area contributed by atoms with Gasteiger partial charge >= 0.3 is 0 Å². The van der Waals surface area contributed by atoms with Crippen LogP contribution in [0.15, 0.2) is 102 Å². The molecule has 220 valence electrons. The Morgan fingerprint density at radius 3 is 1.91 bits per heavy atom. The fourth-order valence-corrected chi connectivity index (χ4v) is 10.00. The van der Waals surface area contributed by atoms with E-state index in [2.05, 4.69) is 91.1 Å². The minimum absolute atomic E-state index is 0.411. The third-order valence-electron chi connectivity index (χ3n) is 12.0. The molecule has 0 nitrogen and oxygen atoms in total. The summed E-state index contributed by atoms with van der Waals surface area (Å²) in [5, 5.41) is 0. The lowest BCUT2D eigenvalue weighted by Gasteiger charge is -2.45. The van der Waals surface area contributed by atoms with E-state index in [-0.39, 0.29) is 0 Å². The number of aryl methyl sites for hydroxylation is 3. The van der Waals surface area contributed by atoms with Crippen molar-refractivity contribution < 1.29 is 0 Å². The van der Waals surface area contributed by atoms with Gasteiger partial charge in [-0.2, -0.15) is 0 Å². The van der Waals surface area contributed by atoms with Crippen LogP contribution >= 0.6 is 0 Å². The van der Waals surface area contributed by atoms with Crippen molar-refractivity contribution in [1.29, 1.82) is 0 Å². The highest BCUT2D eigenvalue weighted by atomic mass is 14.5. The standard InChI is InChI=1S/C44H44/c1-4-18-33-29(12-1)15-9-23-36(33)32-26-27-41-42(28-32)44(38-25-11-17-31-14-3-6-20-35(31)38)40-22-8-7-21-39(40)43(41)37-24-10-16-30-13-2-5-19-34(30)37/h7-11,15-17,21-27,40,42,44H,1-6,12-14,18-20,28H2. The Bertz CT molecular complexity index is 1800. The van der Waals surface area contributed by atoms with Crippen LogP contribution in [0.3, 0.4) is 0 Å². The number of hydrogen-bond donors (Lipinski definition) is 0. The third kappa shape index (κ3) is 4.32. The van der Waals surface area contributed by atoms with Gasteiger partial charge in [0.15, 0.2) is 0 Å². The Kier molecular flexibility index (Phi) is 6.72. The average molecular weight is 573 g/mol. The SMILES string of the molecule is C1=CC2=C(c3cccc4c3CCCC4)C3=CC=C(c4cccc5c4CCCC5)CC3C(c3cccc4c3CCCC4)C2C=C1. The van der Waals surface area contributed by atoms with E-state index in [0.717, 1.165) is 6.42 Å². The zero-order valence-electron chi connectivity index (χ0n) is 26.1. The van der Waals surface area contributed by atoms with Crippen LogP contribution in [0.5, 0.6) is 0 Å². The second-order valence-electron chi connectivity index (χ2n) is 14.2. The van der Waals surface area contributed by atoms with Crippen LogP contribution in [0.4, 0.5) is 0 Å². The number of benzene rings is 3. The molecule has 0 aliphatic heterocycles. The molecule has 3 atom stereocenters. The van der Waals surface area contributed by atoms with E-state index in [1.165, 1.54) is 82.6 Å².